The molecule has 10 heteroatoms. The second-order valence-corrected chi connectivity index (χ2v) is 8.05. The molecule has 164 valence electrons. The van der Waals surface area contributed by atoms with Crippen LogP contribution in [0.2, 0.25) is 0 Å². The Morgan fingerprint density at radius 3 is 2.39 bits per heavy atom. The molecular formula is C21H29N9O. The molecule has 4 heterocycles. The summed E-state index contributed by atoms with van der Waals surface area (Å²) in [4.78, 5) is 27.6. The molecule has 4 rings (SSSR count). The molecule has 0 unspecified atom stereocenters. The van der Waals surface area contributed by atoms with Gasteiger partial charge in [0.1, 0.15) is 18.0 Å². The smallest absolute Gasteiger partial charge is 0.266 e. The first-order chi connectivity index (χ1) is 14.9. The van der Waals surface area contributed by atoms with Crippen LogP contribution in [-0.2, 0) is 6.54 Å². The molecule has 3 aromatic heterocycles. The van der Waals surface area contributed by atoms with Crippen molar-refractivity contribution in [2.75, 3.05) is 56.6 Å². The summed E-state index contributed by atoms with van der Waals surface area (Å²) in [6.07, 6.45) is 1.62. The summed E-state index contributed by atoms with van der Waals surface area (Å²) in [6, 6.07) is 7.30. The highest BCUT2D eigenvalue weighted by Gasteiger charge is 2.19. The first kappa shape index (κ1) is 21.0. The van der Waals surface area contributed by atoms with Gasteiger partial charge in [-0.15, -0.1) is 5.10 Å². The molecule has 1 aliphatic heterocycles. The van der Waals surface area contributed by atoms with Crippen LogP contribution >= 0.6 is 0 Å². The number of rotatable bonds is 6. The van der Waals surface area contributed by atoms with Gasteiger partial charge in [0.2, 0.25) is 0 Å². The lowest BCUT2D eigenvalue weighted by molar-refractivity contribution is 0.242. The number of nitrogens with zero attached hydrogens (tertiary/aromatic N) is 9. The second-order valence-electron chi connectivity index (χ2n) is 8.05. The molecule has 10 nitrogen and oxygen atoms in total. The van der Waals surface area contributed by atoms with Crippen LogP contribution in [0.4, 0.5) is 11.6 Å². The summed E-state index contributed by atoms with van der Waals surface area (Å²) >= 11 is 0. The minimum Gasteiger partial charge on any atom is -0.363 e. The van der Waals surface area contributed by atoms with E-state index in [0.29, 0.717) is 12.4 Å². The van der Waals surface area contributed by atoms with Crippen LogP contribution in [0, 0.1) is 13.8 Å². The summed E-state index contributed by atoms with van der Waals surface area (Å²) in [5.41, 5.74) is 1.82. The Bertz CT molecular complexity index is 1100. The third-order valence-corrected chi connectivity index (χ3v) is 5.50. The van der Waals surface area contributed by atoms with E-state index in [2.05, 4.69) is 30.0 Å². The highest BCUT2D eigenvalue weighted by atomic mass is 16.1. The molecule has 0 spiro atoms. The van der Waals surface area contributed by atoms with Gasteiger partial charge in [-0.3, -0.25) is 9.69 Å². The standard InChI is InChI=1S/C21H29N9O/c1-16-13-17(2)30(24-16)18-5-6-21(31)29(25-18)12-9-27-7-10-28(11-8-27)20-14-19(26(3)4)22-15-23-20/h5-6,13-15H,7-12H2,1-4H3. The zero-order valence-electron chi connectivity index (χ0n) is 18.6. The number of piperazine rings is 1. The topological polar surface area (TPSA) is 88.2 Å². The lowest BCUT2D eigenvalue weighted by atomic mass is 10.3. The molecule has 1 aliphatic rings. The van der Waals surface area contributed by atoms with Crippen LogP contribution in [0.25, 0.3) is 5.82 Å². The lowest BCUT2D eigenvalue weighted by Crippen LogP contribution is -2.48. The summed E-state index contributed by atoms with van der Waals surface area (Å²) in [7, 11) is 3.95. The predicted molar refractivity (Wildman–Crippen MR) is 120 cm³/mol. The maximum atomic E-state index is 12.3. The van der Waals surface area contributed by atoms with Gasteiger partial charge in [0, 0.05) is 64.6 Å². The fourth-order valence-corrected chi connectivity index (χ4v) is 3.76. The highest BCUT2D eigenvalue weighted by Crippen LogP contribution is 2.17. The van der Waals surface area contributed by atoms with Gasteiger partial charge in [-0.25, -0.2) is 19.3 Å². The third kappa shape index (κ3) is 4.74. The summed E-state index contributed by atoms with van der Waals surface area (Å²) in [5, 5.41) is 9.00. The van der Waals surface area contributed by atoms with E-state index < -0.39 is 0 Å². The Hall–Kier alpha value is -3.27. The Morgan fingerprint density at radius 1 is 0.935 bits per heavy atom. The number of hydrogen-bond acceptors (Lipinski definition) is 8. The molecule has 0 saturated carbocycles. The van der Waals surface area contributed by atoms with Crippen LogP contribution in [-0.4, -0.2) is 81.2 Å². The van der Waals surface area contributed by atoms with Crippen molar-refractivity contribution < 1.29 is 0 Å². The van der Waals surface area contributed by atoms with Crippen LogP contribution in [0.15, 0.2) is 35.4 Å². The van der Waals surface area contributed by atoms with E-state index in [1.165, 1.54) is 4.68 Å². The van der Waals surface area contributed by atoms with Crippen molar-refractivity contribution >= 4 is 11.6 Å². The first-order valence-electron chi connectivity index (χ1n) is 10.5. The van der Waals surface area contributed by atoms with E-state index in [9.17, 15) is 4.79 Å². The monoisotopic (exact) mass is 423 g/mol. The van der Waals surface area contributed by atoms with Crippen molar-refractivity contribution in [2.45, 2.75) is 20.4 Å². The molecule has 0 atom stereocenters. The Balaban J connectivity index is 1.37. The van der Waals surface area contributed by atoms with Crippen molar-refractivity contribution in [3.8, 4) is 5.82 Å². The van der Waals surface area contributed by atoms with Crippen molar-refractivity contribution in [1.82, 2.24) is 34.4 Å². The molecule has 0 amide bonds. The van der Waals surface area contributed by atoms with Gasteiger partial charge in [0.25, 0.3) is 5.56 Å². The molecule has 1 fully saturated rings. The molecule has 0 N–H and O–H groups in total. The Morgan fingerprint density at radius 2 is 1.71 bits per heavy atom. The molecule has 0 aliphatic carbocycles. The van der Waals surface area contributed by atoms with Crippen molar-refractivity contribution in [3.05, 3.63) is 52.3 Å². The van der Waals surface area contributed by atoms with Crippen molar-refractivity contribution in [2.24, 2.45) is 0 Å². The second kappa shape index (κ2) is 8.84. The van der Waals surface area contributed by atoms with E-state index in [1.807, 2.05) is 45.0 Å². The summed E-state index contributed by atoms with van der Waals surface area (Å²) in [6.45, 7) is 8.84. The van der Waals surface area contributed by atoms with Crippen LogP contribution < -0.4 is 15.4 Å². The third-order valence-electron chi connectivity index (χ3n) is 5.50. The molecule has 0 radical (unpaired) electrons. The highest BCUT2D eigenvalue weighted by molar-refractivity contribution is 5.49. The van der Waals surface area contributed by atoms with Crippen LogP contribution in [0.3, 0.4) is 0 Å². The van der Waals surface area contributed by atoms with Gasteiger partial charge in [0.05, 0.1) is 12.2 Å². The van der Waals surface area contributed by atoms with Gasteiger partial charge >= 0.3 is 0 Å². The summed E-state index contributed by atoms with van der Waals surface area (Å²) < 4.78 is 3.31. The molecule has 31 heavy (non-hydrogen) atoms. The molecule has 1 saturated heterocycles. The zero-order chi connectivity index (χ0) is 22.0. The average Bonchev–Trinajstić information content (AvgIpc) is 3.11. The molecular weight excluding hydrogens is 394 g/mol. The Kier molecular flexibility index (Phi) is 5.99. The van der Waals surface area contributed by atoms with E-state index in [4.69, 9.17) is 0 Å². The summed E-state index contributed by atoms with van der Waals surface area (Å²) in [5.74, 6) is 2.52. The SMILES string of the molecule is Cc1cc(C)n(-c2ccc(=O)n(CCN3CCN(c4cc(N(C)C)ncn4)CC3)n2)n1. The van der Waals surface area contributed by atoms with E-state index in [1.54, 1.807) is 23.1 Å². The van der Waals surface area contributed by atoms with E-state index >= 15 is 0 Å². The van der Waals surface area contributed by atoms with Gasteiger partial charge in [-0.2, -0.15) is 5.10 Å². The maximum absolute atomic E-state index is 12.3. The van der Waals surface area contributed by atoms with Gasteiger partial charge in [0.15, 0.2) is 5.82 Å². The predicted octanol–water partition coefficient (Wildman–Crippen LogP) is 0.724. The quantitative estimate of drug-likeness (QED) is 0.573. The first-order valence-corrected chi connectivity index (χ1v) is 10.5. The maximum Gasteiger partial charge on any atom is 0.266 e. The lowest BCUT2D eigenvalue weighted by Gasteiger charge is -2.35. The van der Waals surface area contributed by atoms with E-state index in [-0.39, 0.29) is 5.56 Å². The van der Waals surface area contributed by atoms with Gasteiger partial charge in [-0.1, -0.05) is 0 Å². The fourth-order valence-electron chi connectivity index (χ4n) is 3.76. The van der Waals surface area contributed by atoms with Gasteiger partial charge < -0.3 is 9.80 Å². The molecule has 3 aromatic rings. The minimum atomic E-state index is -0.0962. The minimum absolute atomic E-state index is 0.0962. The fraction of sp³-hybridized carbons (Fsp3) is 0.476. The average molecular weight is 424 g/mol. The molecule has 0 aromatic carbocycles. The van der Waals surface area contributed by atoms with Gasteiger partial charge in [-0.05, 0) is 26.0 Å². The largest absolute Gasteiger partial charge is 0.363 e. The Labute approximate surface area is 181 Å². The number of aromatic nitrogens is 6. The van der Waals surface area contributed by atoms with Crippen LogP contribution in [0.1, 0.15) is 11.4 Å². The number of anilines is 2. The zero-order valence-corrected chi connectivity index (χ0v) is 18.6. The molecule has 0 bridgehead atoms. The van der Waals surface area contributed by atoms with Crippen molar-refractivity contribution in [1.29, 1.82) is 0 Å². The van der Waals surface area contributed by atoms with E-state index in [0.717, 1.165) is 55.7 Å². The van der Waals surface area contributed by atoms with Crippen molar-refractivity contribution in [3.63, 3.8) is 0 Å². The van der Waals surface area contributed by atoms with Crippen LogP contribution in [0.5, 0.6) is 0 Å². The normalized spacial score (nSPS) is 14.8. The number of aryl methyl sites for hydroxylation is 2. The number of hydrogen-bond donors (Lipinski definition) is 0.